The highest BCUT2D eigenvalue weighted by atomic mass is 16.3. The second-order valence-electron chi connectivity index (χ2n) is 6.97. The van der Waals surface area contributed by atoms with E-state index in [4.69, 9.17) is 0 Å². The maximum absolute atomic E-state index is 12.5. The lowest BCUT2D eigenvalue weighted by Crippen LogP contribution is -2.44. The molecule has 0 spiro atoms. The third-order valence-electron chi connectivity index (χ3n) is 5.45. The van der Waals surface area contributed by atoms with Crippen LogP contribution in [0.2, 0.25) is 0 Å². The van der Waals surface area contributed by atoms with Crippen LogP contribution in [0, 0.1) is 5.92 Å². The highest BCUT2D eigenvalue weighted by Gasteiger charge is 2.38. The van der Waals surface area contributed by atoms with Crippen LogP contribution in [0.3, 0.4) is 0 Å². The minimum Gasteiger partial charge on any atom is -0.396 e. The zero-order chi connectivity index (χ0) is 16.1. The molecule has 0 aromatic heterocycles. The summed E-state index contributed by atoms with van der Waals surface area (Å²) in [6.45, 7) is 0.734. The van der Waals surface area contributed by atoms with Crippen molar-refractivity contribution in [2.45, 2.75) is 56.5 Å². The molecule has 1 amide bonds. The molecule has 3 N–H and O–H groups in total. The first kappa shape index (κ1) is 16.5. The molecule has 4 heteroatoms. The fraction of sp³-hybridized carbons (Fsp3) is 0.632. The normalized spacial score (nSPS) is 28.1. The molecule has 1 aliphatic heterocycles. The van der Waals surface area contributed by atoms with Crippen molar-refractivity contribution in [2.75, 3.05) is 13.2 Å². The van der Waals surface area contributed by atoms with Crippen LogP contribution in [0.25, 0.3) is 0 Å². The highest BCUT2D eigenvalue weighted by Crippen LogP contribution is 2.33. The van der Waals surface area contributed by atoms with Gasteiger partial charge >= 0.3 is 0 Å². The number of amides is 1. The summed E-state index contributed by atoms with van der Waals surface area (Å²) in [6, 6.07) is 10.6. The lowest BCUT2D eigenvalue weighted by atomic mass is 9.85. The molecule has 3 rings (SSSR count). The zero-order valence-electron chi connectivity index (χ0n) is 13.7. The van der Waals surface area contributed by atoms with Gasteiger partial charge < -0.3 is 15.7 Å². The lowest BCUT2D eigenvalue weighted by molar-refractivity contribution is -0.123. The average Bonchev–Trinajstić information content (AvgIpc) is 3.03. The van der Waals surface area contributed by atoms with Gasteiger partial charge in [-0.05, 0) is 37.2 Å². The van der Waals surface area contributed by atoms with Crippen LogP contribution < -0.4 is 10.6 Å². The molecule has 0 bridgehead atoms. The van der Waals surface area contributed by atoms with Gasteiger partial charge in [-0.2, -0.15) is 0 Å². The topological polar surface area (TPSA) is 61.4 Å². The van der Waals surface area contributed by atoms with Crippen molar-refractivity contribution in [3.63, 3.8) is 0 Å². The van der Waals surface area contributed by atoms with Crippen LogP contribution in [0.15, 0.2) is 30.3 Å². The van der Waals surface area contributed by atoms with E-state index in [1.54, 1.807) is 0 Å². The number of benzene rings is 1. The van der Waals surface area contributed by atoms with Gasteiger partial charge in [-0.1, -0.05) is 43.2 Å². The zero-order valence-corrected chi connectivity index (χ0v) is 13.7. The van der Waals surface area contributed by atoms with Gasteiger partial charge in [-0.15, -0.1) is 0 Å². The third kappa shape index (κ3) is 4.12. The van der Waals surface area contributed by atoms with E-state index in [1.807, 2.05) is 18.2 Å². The Morgan fingerprint density at radius 2 is 2.04 bits per heavy atom. The van der Waals surface area contributed by atoms with Gasteiger partial charge in [0, 0.05) is 25.1 Å². The predicted molar refractivity (Wildman–Crippen MR) is 91.2 cm³/mol. The van der Waals surface area contributed by atoms with Gasteiger partial charge in [0.1, 0.15) is 0 Å². The molecule has 126 valence electrons. The summed E-state index contributed by atoms with van der Waals surface area (Å²) in [7, 11) is 0. The Labute approximate surface area is 138 Å². The number of carbonyl (C=O) groups is 1. The summed E-state index contributed by atoms with van der Waals surface area (Å²) in [6.07, 6.45) is 6.73. The number of aliphatic hydroxyl groups is 1. The predicted octanol–water partition coefficient (Wildman–Crippen LogP) is 2.19. The van der Waals surface area contributed by atoms with E-state index in [0.717, 1.165) is 6.42 Å². The summed E-state index contributed by atoms with van der Waals surface area (Å²) >= 11 is 0. The molecule has 2 aliphatic rings. The lowest BCUT2D eigenvalue weighted by Gasteiger charge is -2.24. The maximum atomic E-state index is 12.5. The highest BCUT2D eigenvalue weighted by molar-refractivity contribution is 5.82. The number of aliphatic hydroxyl groups excluding tert-OH is 1. The first-order valence-electron chi connectivity index (χ1n) is 8.97. The Morgan fingerprint density at radius 3 is 2.78 bits per heavy atom. The standard InChI is InChI=1S/C19H28N2O2/c22-11-10-16(14-6-2-1-3-7-14)13-20-19(23)18-12-15-8-4-5-9-17(15)21-18/h1-3,6-7,15-18,21-22H,4-5,8-13H2,(H,20,23). The van der Waals surface area contributed by atoms with Crippen molar-refractivity contribution in [3.8, 4) is 0 Å². The van der Waals surface area contributed by atoms with Crippen molar-refractivity contribution in [1.82, 2.24) is 10.6 Å². The van der Waals surface area contributed by atoms with Crippen LogP contribution in [0.1, 0.15) is 50.0 Å². The summed E-state index contributed by atoms with van der Waals surface area (Å²) in [5, 5.41) is 15.9. The Hall–Kier alpha value is -1.39. The molecule has 1 aromatic rings. The van der Waals surface area contributed by atoms with E-state index in [1.165, 1.54) is 31.2 Å². The van der Waals surface area contributed by atoms with Gasteiger partial charge in [-0.3, -0.25) is 4.79 Å². The van der Waals surface area contributed by atoms with Crippen molar-refractivity contribution >= 4 is 5.91 Å². The van der Waals surface area contributed by atoms with E-state index in [0.29, 0.717) is 24.9 Å². The van der Waals surface area contributed by atoms with Crippen LogP contribution in [-0.2, 0) is 4.79 Å². The Morgan fingerprint density at radius 1 is 1.26 bits per heavy atom. The molecule has 1 saturated heterocycles. The Kier molecular flexibility index (Phi) is 5.68. The first-order valence-corrected chi connectivity index (χ1v) is 8.97. The van der Waals surface area contributed by atoms with Gasteiger partial charge in [0.2, 0.25) is 5.91 Å². The van der Waals surface area contributed by atoms with Crippen LogP contribution in [0.4, 0.5) is 0 Å². The van der Waals surface area contributed by atoms with E-state index in [2.05, 4.69) is 22.8 Å². The first-order chi connectivity index (χ1) is 11.3. The molecular formula is C19H28N2O2. The van der Waals surface area contributed by atoms with Crippen LogP contribution in [-0.4, -0.2) is 36.2 Å². The summed E-state index contributed by atoms with van der Waals surface area (Å²) in [5.41, 5.74) is 1.18. The minimum atomic E-state index is -0.0337. The second-order valence-corrected chi connectivity index (χ2v) is 6.97. The summed E-state index contributed by atoms with van der Waals surface area (Å²) < 4.78 is 0. The molecular weight excluding hydrogens is 288 g/mol. The number of hydrogen-bond acceptors (Lipinski definition) is 3. The van der Waals surface area contributed by atoms with E-state index >= 15 is 0 Å². The number of nitrogens with one attached hydrogen (secondary N) is 2. The number of fused-ring (bicyclic) bond motifs is 1. The molecule has 0 radical (unpaired) electrons. The van der Waals surface area contributed by atoms with E-state index in [-0.39, 0.29) is 24.5 Å². The van der Waals surface area contributed by atoms with E-state index in [9.17, 15) is 9.90 Å². The molecule has 1 aliphatic carbocycles. The van der Waals surface area contributed by atoms with Crippen LogP contribution in [0.5, 0.6) is 0 Å². The van der Waals surface area contributed by atoms with Gasteiger partial charge in [0.05, 0.1) is 6.04 Å². The molecule has 2 fully saturated rings. The third-order valence-corrected chi connectivity index (χ3v) is 5.45. The average molecular weight is 316 g/mol. The van der Waals surface area contributed by atoms with Crippen molar-refractivity contribution in [2.24, 2.45) is 5.92 Å². The SMILES string of the molecule is O=C(NCC(CCO)c1ccccc1)C1CC2CCCCC2N1. The quantitative estimate of drug-likeness (QED) is 0.754. The number of hydrogen-bond donors (Lipinski definition) is 3. The van der Waals surface area contributed by atoms with Gasteiger partial charge in [-0.25, -0.2) is 0 Å². The second kappa shape index (κ2) is 7.93. The fourth-order valence-corrected chi connectivity index (χ4v) is 4.14. The van der Waals surface area contributed by atoms with Gasteiger partial charge in [0.15, 0.2) is 0 Å². The molecule has 1 heterocycles. The monoisotopic (exact) mass is 316 g/mol. The fourth-order valence-electron chi connectivity index (χ4n) is 4.14. The maximum Gasteiger partial charge on any atom is 0.237 e. The van der Waals surface area contributed by atoms with Crippen molar-refractivity contribution in [3.05, 3.63) is 35.9 Å². The molecule has 4 atom stereocenters. The number of rotatable bonds is 6. The minimum absolute atomic E-state index is 0.0337. The largest absolute Gasteiger partial charge is 0.396 e. The number of carbonyl (C=O) groups excluding carboxylic acids is 1. The van der Waals surface area contributed by atoms with Crippen LogP contribution >= 0.6 is 0 Å². The van der Waals surface area contributed by atoms with E-state index < -0.39 is 0 Å². The summed E-state index contributed by atoms with van der Waals surface area (Å²) in [4.78, 5) is 12.5. The van der Waals surface area contributed by atoms with Crippen molar-refractivity contribution in [1.29, 1.82) is 0 Å². The summed E-state index contributed by atoms with van der Waals surface area (Å²) in [5.74, 6) is 0.981. The van der Waals surface area contributed by atoms with Crippen molar-refractivity contribution < 1.29 is 9.90 Å². The molecule has 1 saturated carbocycles. The smallest absolute Gasteiger partial charge is 0.237 e. The molecule has 23 heavy (non-hydrogen) atoms. The molecule has 4 unspecified atom stereocenters. The molecule has 1 aromatic carbocycles. The molecule has 4 nitrogen and oxygen atoms in total. The Bertz CT molecular complexity index is 491. The Balaban J connectivity index is 1.53. The van der Waals surface area contributed by atoms with Gasteiger partial charge in [0.25, 0.3) is 0 Å².